The molecule has 0 spiro atoms. The van der Waals surface area contributed by atoms with E-state index in [9.17, 15) is 22.5 Å². The quantitative estimate of drug-likeness (QED) is 0.215. The van der Waals surface area contributed by atoms with Gasteiger partial charge in [0.05, 0.1) is 31.1 Å². The van der Waals surface area contributed by atoms with Crippen LogP contribution in [0.2, 0.25) is 0 Å². The number of fused-ring (bicyclic) bond motifs is 1. The van der Waals surface area contributed by atoms with Crippen LogP contribution in [0.3, 0.4) is 0 Å². The zero-order valence-electron chi connectivity index (χ0n) is 23.1. The highest BCUT2D eigenvalue weighted by atomic mass is 31.1. The van der Waals surface area contributed by atoms with Gasteiger partial charge >= 0.3 is 20.1 Å². The highest BCUT2D eigenvalue weighted by Gasteiger charge is 2.37. The number of anilines is 1. The normalized spacial score (nSPS) is 13.8. The van der Waals surface area contributed by atoms with Crippen molar-refractivity contribution in [3.8, 4) is 0 Å². The fourth-order valence-electron chi connectivity index (χ4n) is 3.30. The molecule has 1 aromatic carbocycles. The fourth-order valence-corrected chi connectivity index (χ4v) is 4.47. The van der Waals surface area contributed by atoms with E-state index in [1.165, 1.54) is 18.5 Å². The summed E-state index contributed by atoms with van der Waals surface area (Å²) in [6.45, 7) is 9.53. The van der Waals surface area contributed by atoms with Crippen molar-refractivity contribution in [1.29, 1.82) is 0 Å². The number of hydrogen-bond donors (Lipinski definition) is 3. The Morgan fingerprint density at radius 3 is 2.38 bits per heavy atom. The van der Waals surface area contributed by atoms with E-state index >= 15 is 0 Å². The summed E-state index contributed by atoms with van der Waals surface area (Å²) in [5.41, 5.74) is 11.4. The van der Waals surface area contributed by atoms with E-state index in [0.29, 0.717) is 35.7 Å². The second-order valence-electron chi connectivity index (χ2n) is 9.59. The van der Waals surface area contributed by atoms with Crippen LogP contribution in [0, 0.1) is 0 Å². The molecule has 5 N–H and O–H groups in total. The van der Waals surface area contributed by atoms with E-state index in [1.54, 1.807) is 31.7 Å². The Labute approximate surface area is 231 Å². The number of aromatic nitrogens is 4. The molecule has 0 aliphatic rings. The number of ether oxygens (including phenoxy) is 2. The van der Waals surface area contributed by atoms with E-state index in [1.807, 2.05) is 13.8 Å². The van der Waals surface area contributed by atoms with Gasteiger partial charge in [0.1, 0.15) is 11.8 Å². The highest BCUT2D eigenvalue weighted by molar-refractivity contribution is 7.42. The predicted molar refractivity (Wildman–Crippen MR) is 145 cm³/mol. The van der Waals surface area contributed by atoms with Crippen molar-refractivity contribution in [2.45, 2.75) is 71.4 Å². The molecule has 2 heterocycles. The van der Waals surface area contributed by atoms with Crippen LogP contribution in [-0.2, 0) is 31.6 Å². The topological polar surface area (TPSA) is 160 Å². The van der Waals surface area contributed by atoms with Crippen LogP contribution < -0.4 is 16.6 Å². The minimum Gasteiger partial charge on any atom is -0.464 e. The molecule has 0 aliphatic heterocycles. The molecule has 0 amide bonds. The van der Waals surface area contributed by atoms with E-state index in [-0.39, 0.29) is 18.5 Å². The van der Waals surface area contributed by atoms with Gasteiger partial charge in [-0.25, -0.2) is 19.7 Å². The monoisotopic (exact) mass is 586 g/mol. The first-order valence-electron chi connectivity index (χ1n) is 12.5. The number of rotatable bonds is 11. The number of carbonyl (C=O) groups is 1. The average Bonchev–Trinajstić information content (AvgIpc) is 3.29. The summed E-state index contributed by atoms with van der Waals surface area (Å²) in [5.74, 6) is -0.125. The zero-order chi connectivity index (χ0) is 30.1. The Bertz CT molecular complexity index is 1270. The summed E-state index contributed by atoms with van der Waals surface area (Å²) in [4.78, 5) is 24.2. The highest BCUT2D eigenvalue weighted by Crippen LogP contribution is 2.29. The summed E-state index contributed by atoms with van der Waals surface area (Å²) < 4.78 is 61.1. The lowest BCUT2D eigenvalue weighted by Gasteiger charge is -2.18. The third kappa shape index (κ3) is 9.77. The van der Waals surface area contributed by atoms with Gasteiger partial charge in [0.25, 0.3) is 6.35 Å². The summed E-state index contributed by atoms with van der Waals surface area (Å²) in [6, 6.07) is 4.64. The molecule has 0 radical (unpaired) electrons. The van der Waals surface area contributed by atoms with Crippen molar-refractivity contribution >= 4 is 30.9 Å². The van der Waals surface area contributed by atoms with Gasteiger partial charge in [-0.15, -0.1) is 0 Å². The molecule has 0 saturated carbocycles. The minimum atomic E-state index is -4.27. The van der Waals surface area contributed by atoms with Crippen LogP contribution in [-0.4, -0.2) is 50.1 Å². The van der Waals surface area contributed by atoms with Crippen LogP contribution in [0.25, 0.3) is 11.2 Å². The van der Waals surface area contributed by atoms with Gasteiger partial charge < -0.3 is 25.5 Å². The summed E-state index contributed by atoms with van der Waals surface area (Å²) in [5, 5.41) is 2.77. The number of hydrogen-bond acceptors (Lipinski definition) is 9. The molecule has 0 bridgehead atoms. The first-order valence-corrected chi connectivity index (χ1v) is 14.0. The van der Waals surface area contributed by atoms with E-state index in [0.717, 1.165) is 18.6 Å². The van der Waals surface area contributed by atoms with E-state index < -0.39 is 31.2 Å². The Balaban J connectivity index is 0.000000360. The van der Waals surface area contributed by atoms with E-state index in [4.69, 9.17) is 20.9 Å². The molecule has 2 aromatic heterocycles. The molecule has 0 saturated heterocycles. The number of benzene rings is 1. The predicted octanol–water partition coefficient (Wildman–Crippen LogP) is 4.56. The van der Waals surface area contributed by atoms with Crippen molar-refractivity contribution < 1.29 is 32.0 Å². The van der Waals surface area contributed by atoms with Gasteiger partial charge in [-0.05, 0) is 56.4 Å². The lowest BCUT2D eigenvalue weighted by molar-refractivity contribution is -0.149. The number of esters is 1. The maximum atomic E-state index is 12.2. The number of carbonyl (C=O) groups excluding carboxylic acids is 1. The van der Waals surface area contributed by atoms with Gasteiger partial charge in [-0.1, -0.05) is 24.1 Å². The number of halogens is 3. The molecule has 220 valence electrons. The number of imidazole rings is 1. The lowest BCUT2D eigenvalue weighted by atomic mass is 10.1. The Morgan fingerprint density at radius 1 is 1.15 bits per heavy atom. The largest absolute Gasteiger partial charge is 0.464 e. The number of nitrogen functional groups attached to an aromatic ring is 1. The molecule has 11 nitrogen and oxygen atoms in total. The summed E-state index contributed by atoms with van der Waals surface area (Å²) in [6.07, 6.45) is -0.841. The second-order valence-corrected chi connectivity index (χ2v) is 10.8. The maximum absolute atomic E-state index is 12.2. The average molecular weight is 587 g/mol. The third-order valence-electron chi connectivity index (χ3n) is 5.48. The SMILES string of the molecule is CC(N)c1ccc(C(F)(F)F)cc1.CCCOC(=O)C(C)(C)N[P+](=O)COC(C)Cn1cnc2c(N)ncnc21. The molecule has 3 unspecified atom stereocenters. The number of nitrogens with one attached hydrogen (secondary N) is 1. The molecule has 3 aromatic rings. The van der Waals surface area contributed by atoms with Gasteiger partial charge in [0, 0.05) is 6.04 Å². The molecule has 3 rings (SSSR count). The number of nitrogens with zero attached hydrogens (tertiary/aromatic N) is 4. The number of nitrogens with two attached hydrogens (primary N) is 2. The van der Waals surface area contributed by atoms with Gasteiger partial charge in [-0.2, -0.15) is 13.2 Å². The second kappa shape index (κ2) is 14.4. The van der Waals surface area contributed by atoms with Crippen molar-refractivity contribution in [3.05, 3.63) is 48.0 Å². The van der Waals surface area contributed by atoms with Crippen LogP contribution in [0.15, 0.2) is 36.9 Å². The molecular formula is C25H36F3N7O4P+. The molecule has 0 aliphatic carbocycles. The van der Waals surface area contributed by atoms with E-state index in [2.05, 4.69) is 20.0 Å². The van der Waals surface area contributed by atoms with Crippen LogP contribution in [0.4, 0.5) is 19.0 Å². The zero-order valence-corrected chi connectivity index (χ0v) is 24.0. The standard InChI is InChI=1S/C16H26N6O4P.C9H10F3N/c1-5-6-25-15(23)16(3,4)21-27(24)10-26-11(2)7-22-9-20-12-13(17)18-8-19-14(12)22;1-6(13)7-2-4-8(5-3-7)9(10,11)12/h8-9,11H,5-7,10H2,1-4H3,(H,21,24)(H2,17,18,19);2-6H,13H2,1H3/q+1;. The fraction of sp³-hybridized carbons (Fsp3) is 0.520. The molecule has 15 heteroatoms. The van der Waals surface area contributed by atoms with Gasteiger partial charge in [-0.3, -0.25) is 0 Å². The van der Waals surface area contributed by atoms with Crippen molar-refractivity contribution in [3.63, 3.8) is 0 Å². The van der Waals surface area contributed by atoms with Crippen LogP contribution in [0.1, 0.15) is 58.2 Å². The summed E-state index contributed by atoms with van der Waals surface area (Å²) in [7, 11) is -1.95. The molecule has 0 fully saturated rings. The molecule has 40 heavy (non-hydrogen) atoms. The van der Waals surface area contributed by atoms with Crippen molar-refractivity contribution in [2.75, 3.05) is 18.7 Å². The Hall–Kier alpha value is -3.19. The van der Waals surface area contributed by atoms with Crippen molar-refractivity contribution in [1.82, 2.24) is 24.6 Å². The Kier molecular flexibility index (Phi) is 11.9. The Morgan fingerprint density at radius 2 is 1.80 bits per heavy atom. The maximum Gasteiger partial charge on any atom is 0.461 e. The van der Waals surface area contributed by atoms with Gasteiger partial charge in [0.15, 0.2) is 17.0 Å². The summed E-state index contributed by atoms with van der Waals surface area (Å²) >= 11 is 0. The van der Waals surface area contributed by atoms with Gasteiger partial charge in [0.2, 0.25) is 0 Å². The third-order valence-corrected chi connectivity index (χ3v) is 6.67. The molecule has 3 atom stereocenters. The first kappa shape index (κ1) is 33.0. The lowest BCUT2D eigenvalue weighted by Crippen LogP contribution is -2.44. The van der Waals surface area contributed by atoms with Crippen molar-refractivity contribution in [2.24, 2.45) is 5.73 Å². The number of alkyl halides is 3. The molecular weight excluding hydrogens is 550 g/mol. The van der Waals surface area contributed by atoms with Crippen LogP contribution in [0.5, 0.6) is 0 Å². The first-order chi connectivity index (χ1) is 18.7. The smallest absolute Gasteiger partial charge is 0.461 e. The minimum absolute atomic E-state index is 0.0370. The van der Waals surface area contributed by atoms with Crippen LogP contribution >= 0.6 is 7.95 Å².